The molecule has 5 heteroatoms. The minimum absolute atomic E-state index is 0.0681. The van der Waals surface area contributed by atoms with Crippen molar-refractivity contribution in [3.8, 4) is 0 Å². The van der Waals surface area contributed by atoms with E-state index in [1.54, 1.807) is 0 Å². The molecule has 2 N–H and O–H groups in total. The smallest absolute Gasteiger partial charge is 0.276 e. The zero-order valence-electron chi connectivity index (χ0n) is 12.3. The van der Waals surface area contributed by atoms with Gasteiger partial charge in [0.1, 0.15) is 0 Å². The van der Waals surface area contributed by atoms with Gasteiger partial charge in [0.05, 0.1) is 5.69 Å². The lowest BCUT2D eigenvalue weighted by Gasteiger charge is -2.01. The summed E-state index contributed by atoms with van der Waals surface area (Å²) in [7, 11) is 0. The summed E-state index contributed by atoms with van der Waals surface area (Å²) in [6.07, 6.45) is 0.823. The SMILES string of the molecule is O=C1Nc2ccccc2/C1=N\NC(=O)C1CC1c1ccccc1. The Kier molecular flexibility index (Phi) is 3.19. The van der Waals surface area contributed by atoms with Crippen molar-refractivity contribution in [1.82, 2.24) is 5.43 Å². The summed E-state index contributed by atoms with van der Waals surface area (Å²) in [5.41, 5.74) is 5.41. The average Bonchev–Trinajstić information content (AvgIpc) is 3.32. The van der Waals surface area contributed by atoms with E-state index in [1.807, 2.05) is 54.6 Å². The molecule has 5 nitrogen and oxygen atoms in total. The fourth-order valence-corrected chi connectivity index (χ4v) is 2.96. The number of amides is 2. The first-order chi connectivity index (χ1) is 11.2. The van der Waals surface area contributed by atoms with E-state index in [0.29, 0.717) is 5.56 Å². The largest absolute Gasteiger partial charge is 0.320 e. The maximum atomic E-state index is 12.2. The summed E-state index contributed by atoms with van der Waals surface area (Å²) in [6.45, 7) is 0. The zero-order valence-corrected chi connectivity index (χ0v) is 12.3. The lowest BCUT2D eigenvalue weighted by molar-refractivity contribution is -0.122. The van der Waals surface area contributed by atoms with Crippen LogP contribution in [0.5, 0.6) is 0 Å². The number of anilines is 1. The number of carbonyl (C=O) groups excluding carboxylic acids is 2. The van der Waals surface area contributed by atoms with Crippen LogP contribution in [0.1, 0.15) is 23.5 Å². The molecule has 114 valence electrons. The van der Waals surface area contributed by atoms with Gasteiger partial charge in [0, 0.05) is 11.5 Å². The zero-order chi connectivity index (χ0) is 15.8. The summed E-state index contributed by atoms with van der Waals surface area (Å²) < 4.78 is 0. The maximum absolute atomic E-state index is 12.2. The highest BCUT2D eigenvalue weighted by Crippen LogP contribution is 2.47. The van der Waals surface area contributed by atoms with Gasteiger partial charge in [-0.2, -0.15) is 5.10 Å². The van der Waals surface area contributed by atoms with Crippen LogP contribution in [0.3, 0.4) is 0 Å². The molecule has 4 rings (SSSR count). The number of hydrogen-bond donors (Lipinski definition) is 2. The fourth-order valence-electron chi connectivity index (χ4n) is 2.96. The van der Waals surface area contributed by atoms with Crippen molar-refractivity contribution in [2.45, 2.75) is 12.3 Å². The van der Waals surface area contributed by atoms with Crippen LogP contribution in [0.4, 0.5) is 5.69 Å². The lowest BCUT2D eigenvalue weighted by Crippen LogP contribution is -2.24. The summed E-state index contributed by atoms with van der Waals surface area (Å²) >= 11 is 0. The van der Waals surface area contributed by atoms with Gasteiger partial charge in [-0.3, -0.25) is 9.59 Å². The van der Waals surface area contributed by atoms with Crippen LogP contribution in [0.15, 0.2) is 59.7 Å². The van der Waals surface area contributed by atoms with E-state index < -0.39 is 0 Å². The summed E-state index contributed by atoms with van der Waals surface area (Å²) in [5.74, 6) is -0.243. The van der Waals surface area contributed by atoms with Gasteiger partial charge in [-0.15, -0.1) is 0 Å². The van der Waals surface area contributed by atoms with Gasteiger partial charge in [0.15, 0.2) is 5.71 Å². The molecule has 2 atom stereocenters. The second-order valence-electron chi connectivity index (χ2n) is 5.80. The van der Waals surface area contributed by atoms with E-state index in [1.165, 1.54) is 5.56 Å². The Morgan fingerprint density at radius 3 is 2.65 bits per heavy atom. The quantitative estimate of drug-likeness (QED) is 0.854. The normalized spacial score (nSPS) is 23.3. The Morgan fingerprint density at radius 1 is 1.09 bits per heavy atom. The molecule has 0 bridgehead atoms. The Morgan fingerprint density at radius 2 is 1.83 bits per heavy atom. The van der Waals surface area contributed by atoms with Crippen molar-refractivity contribution in [2.75, 3.05) is 5.32 Å². The molecular weight excluding hydrogens is 290 g/mol. The van der Waals surface area contributed by atoms with Crippen molar-refractivity contribution < 1.29 is 9.59 Å². The molecule has 23 heavy (non-hydrogen) atoms. The van der Waals surface area contributed by atoms with Gasteiger partial charge in [0.25, 0.3) is 5.91 Å². The Balaban J connectivity index is 1.46. The van der Waals surface area contributed by atoms with E-state index in [9.17, 15) is 9.59 Å². The van der Waals surface area contributed by atoms with Crippen molar-refractivity contribution in [3.05, 3.63) is 65.7 Å². The molecule has 0 spiro atoms. The second kappa shape index (κ2) is 5.35. The Bertz CT molecular complexity index is 814. The molecule has 1 heterocycles. The number of hydrogen-bond acceptors (Lipinski definition) is 3. The summed E-state index contributed by atoms with van der Waals surface area (Å²) in [5, 5.41) is 6.77. The number of hydrazone groups is 1. The fraction of sp³-hybridized carbons (Fsp3) is 0.167. The molecule has 0 aromatic heterocycles. The van der Waals surface area contributed by atoms with Crippen molar-refractivity contribution in [2.24, 2.45) is 11.0 Å². The van der Waals surface area contributed by atoms with Crippen LogP contribution in [0.25, 0.3) is 0 Å². The van der Waals surface area contributed by atoms with Crippen LogP contribution in [-0.4, -0.2) is 17.5 Å². The van der Waals surface area contributed by atoms with Crippen molar-refractivity contribution in [1.29, 1.82) is 0 Å². The molecule has 2 aromatic rings. The number of para-hydroxylation sites is 1. The maximum Gasteiger partial charge on any atom is 0.276 e. The third-order valence-corrected chi connectivity index (χ3v) is 4.28. The van der Waals surface area contributed by atoms with Gasteiger partial charge in [-0.05, 0) is 24.0 Å². The first-order valence-corrected chi connectivity index (χ1v) is 7.57. The molecule has 0 saturated heterocycles. The molecule has 1 saturated carbocycles. The summed E-state index contributed by atoms with van der Waals surface area (Å²) in [6, 6.07) is 17.3. The molecule has 0 radical (unpaired) electrons. The molecule has 1 aliphatic heterocycles. The predicted octanol–water partition coefficient (Wildman–Crippen LogP) is 2.26. The van der Waals surface area contributed by atoms with Crippen LogP contribution >= 0.6 is 0 Å². The van der Waals surface area contributed by atoms with Crippen molar-refractivity contribution >= 4 is 23.2 Å². The monoisotopic (exact) mass is 305 g/mol. The van der Waals surface area contributed by atoms with Crippen LogP contribution in [0, 0.1) is 5.92 Å². The van der Waals surface area contributed by atoms with Gasteiger partial charge in [-0.25, -0.2) is 5.43 Å². The number of benzene rings is 2. The molecule has 2 aromatic carbocycles. The molecule has 2 amide bonds. The molecule has 2 unspecified atom stereocenters. The molecule has 1 aliphatic carbocycles. The van der Waals surface area contributed by atoms with Gasteiger partial charge in [-0.1, -0.05) is 48.5 Å². The minimum atomic E-state index is -0.290. The summed E-state index contributed by atoms with van der Waals surface area (Å²) in [4.78, 5) is 24.1. The highest BCUT2D eigenvalue weighted by molar-refractivity contribution is 6.53. The lowest BCUT2D eigenvalue weighted by atomic mass is 10.1. The number of fused-ring (bicyclic) bond motifs is 1. The number of nitrogens with one attached hydrogen (secondary N) is 2. The highest BCUT2D eigenvalue weighted by atomic mass is 16.2. The average molecular weight is 305 g/mol. The topological polar surface area (TPSA) is 70.6 Å². The highest BCUT2D eigenvalue weighted by Gasteiger charge is 2.44. The first kappa shape index (κ1) is 13.7. The van der Waals surface area contributed by atoms with E-state index in [4.69, 9.17) is 0 Å². The number of carbonyl (C=O) groups is 2. The van der Waals surface area contributed by atoms with E-state index in [-0.39, 0.29) is 29.4 Å². The van der Waals surface area contributed by atoms with Crippen LogP contribution in [0.2, 0.25) is 0 Å². The number of rotatable bonds is 3. The standard InChI is InChI=1S/C18H15N3O2/c22-17(14-10-13(14)11-6-2-1-3-7-11)21-20-16-12-8-4-5-9-15(12)19-18(16)23/h1-9,13-14H,10H2,(H,21,22)(H,19,20,23). The van der Waals surface area contributed by atoms with E-state index in [2.05, 4.69) is 15.8 Å². The number of nitrogens with zero attached hydrogens (tertiary/aromatic N) is 1. The first-order valence-electron chi connectivity index (χ1n) is 7.57. The molecular formula is C18H15N3O2. The molecule has 1 fully saturated rings. The van der Waals surface area contributed by atoms with Gasteiger partial charge < -0.3 is 5.32 Å². The Labute approximate surface area is 133 Å². The van der Waals surface area contributed by atoms with Gasteiger partial charge >= 0.3 is 0 Å². The molecule has 2 aliphatic rings. The van der Waals surface area contributed by atoms with Crippen LogP contribution < -0.4 is 10.7 Å². The Hall–Kier alpha value is -2.95. The van der Waals surface area contributed by atoms with Gasteiger partial charge in [0.2, 0.25) is 5.91 Å². The van der Waals surface area contributed by atoms with E-state index >= 15 is 0 Å². The van der Waals surface area contributed by atoms with E-state index in [0.717, 1.165) is 12.1 Å². The minimum Gasteiger partial charge on any atom is -0.320 e. The predicted molar refractivity (Wildman–Crippen MR) is 87.0 cm³/mol. The van der Waals surface area contributed by atoms with Crippen LogP contribution in [-0.2, 0) is 9.59 Å². The third kappa shape index (κ3) is 2.50. The van der Waals surface area contributed by atoms with Crippen molar-refractivity contribution in [3.63, 3.8) is 0 Å². The second-order valence-corrected chi connectivity index (χ2v) is 5.80. The third-order valence-electron chi connectivity index (χ3n) is 4.28.